The predicted molar refractivity (Wildman–Crippen MR) is 55.9 cm³/mol. The van der Waals surface area contributed by atoms with Crippen molar-refractivity contribution < 1.29 is 0 Å². The lowest BCUT2D eigenvalue weighted by Gasteiger charge is -1.95. The second-order valence-electron chi connectivity index (χ2n) is 2.44. The van der Waals surface area contributed by atoms with E-state index < -0.39 is 0 Å². The van der Waals surface area contributed by atoms with Crippen molar-refractivity contribution in [2.24, 2.45) is 0 Å². The first-order valence-corrected chi connectivity index (χ1v) is 4.60. The summed E-state index contributed by atoms with van der Waals surface area (Å²) in [4.78, 5) is 0. The molecule has 0 bridgehead atoms. The van der Waals surface area contributed by atoms with Gasteiger partial charge in [-0.15, -0.1) is 11.6 Å². The number of allylic oxidation sites excluding steroid dienone is 1. The lowest BCUT2D eigenvalue weighted by Crippen LogP contribution is -1.78. The van der Waals surface area contributed by atoms with Gasteiger partial charge in [0.1, 0.15) is 0 Å². The zero-order valence-corrected chi connectivity index (χ0v) is 8.31. The summed E-state index contributed by atoms with van der Waals surface area (Å²) in [5, 5.41) is 9.22. The van der Waals surface area contributed by atoms with Crippen LogP contribution >= 0.6 is 23.2 Å². The highest BCUT2D eigenvalue weighted by Gasteiger charge is 1.95. The third-order valence-electron chi connectivity index (χ3n) is 1.45. The molecule has 0 saturated heterocycles. The first kappa shape index (κ1) is 10.1. The van der Waals surface area contributed by atoms with Gasteiger partial charge in [-0.1, -0.05) is 23.8 Å². The van der Waals surface area contributed by atoms with E-state index >= 15 is 0 Å². The Morgan fingerprint density at radius 1 is 1.38 bits per heavy atom. The fourth-order valence-corrected chi connectivity index (χ4v) is 1.29. The minimum absolute atomic E-state index is 0.453. The first-order chi connectivity index (χ1) is 6.26. The number of nitrogens with zero attached hydrogens (tertiary/aromatic N) is 1. The molecule has 3 heteroatoms. The molecule has 1 aromatic rings. The van der Waals surface area contributed by atoms with Gasteiger partial charge in [0.15, 0.2) is 0 Å². The van der Waals surface area contributed by atoms with Gasteiger partial charge >= 0.3 is 0 Å². The Hall–Kier alpha value is -0.970. The highest BCUT2D eigenvalue weighted by molar-refractivity contribution is 6.30. The topological polar surface area (TPSA) is 23.8 Å². The molecule has 0 aromatic heterocycles. The molecule has 0 atom stereocenters. The van der Waals surface area contributed by atoms with E-state index in [0.717, 1.165) is 5.56 Å². The van der Waals surface area contributed by atoms with Crippen LogP contribution in [0.1, 0.15) is 11.1 Å². The largest absolute Gasteiger partial charge is 0.192 e. The molecule has 0 saturated carbocycles. The van der Waals surface area contributed by atoms with Crippen molar-refractivity contribution in [2.45, 2.75) is 0 Å². The summed E-state index contributed by atoms with van der Waals surface area (Å²) in [6, 6.07) is 7.20. The maximum atomic E-state index is 8.65. The number of hydrogen-bond acceptors (Lipinski definition) is 1. The standard InChI is InChI=1S/C10H7Cl2N/c11-3-1-2-8-4-9(7-13)6-10(12)5-8/h1-2,4-6H,3H2. The Balaban J connectivity index is 3.03. The molecule has 0 radical (unpaired) electrons. The van der Waals surface area contributed by atoms with E-state index in [1.807, 2.05) is 12.1 Å². The lowest BCUT2D eigenvalue weighted by atomic mass is 10.1. The molecular weight excluding hydrogens is 205 g/mol. The molecule has 0 aliphatic rings. The molecule has 1 rings (SSSR count). The van der Waals surface area contributed by atoms with Crippen molar-refractivity contribution in [1.29, 1.82) is 5.26 Å². The number of halogens is 2. The molecule has 0 unspecified atom stereocenters. The highest BCUT2D eigenvalue weighted by Crippen LogP contribution is 2.15. The molecule has 13 heavy (non-hydrogen) atoms. The third-order valence-corrected chi connectivity index (χ3v) is 1.84. The van der Waals surface area contributed by atoms with Gasteiger partial charge in [0.25, 0.3) is 0 Å². The van der Waals surface area contributed by atoms with Gasteiger partial charge < -0.3 is 0 Å². The molecule has 0 amide bonds. The van der Waals surface area contributed by atoms with E-state index in [-0.39, 0.29) is 0 Å². The van der Waals surface area contributed by atoms with Gasteiger partial charge in [-0.05, 0) is 23.8 Å². The van der Waals surface area contributed by atoms with Crippen molar-refractivity contribution in [1.82, 2.24) is 0 Å². The van der Waals surface area contributed by atoms with Gasteiger partial charge in [0.2, 0.25) is 0 Å². The fraction of sp³-hybridized carbons (Fsp3) is 0.100. The number of hydrogen-bond donors (Lipinski definition) is 0. The van der Waals surface area contributed by atoms with Crippen LogP contribution in [0.25, 0.3) is 6.08 Å². The van der Waals surface area contributed by atoms with Crippen LogP contribution in [0.4, 0.5) is 0 Å². The second kappa shape index (κ2) is 4.91. The van der Waals surface area contributed by atoms with Crippen LogP contribution in [0.15, 0.2) is 24.3 Å². The lowest BCUT2D eigenvalue weighted by molar-refractivity contribution is 1.48. The van der Waals surface area contributed by atoms with Gasteiger partial charge in [0.05, 0.1) is 11.6 Å². The van der Waals surface area contributed by atoms with Crippen molar-refractivity contribution in [2.75, 3.05) is 5.88 Å². The van der Waals surface area contributed by atoms with E-state index in [0.29, 0.717) is 16.5 Å². The van der Waals surface area contributed by atoms with Crippen LogP contribution in [0.5, 0.6) is 0 Å². The van der Waals surface area contributed by atoms with Gasteiger partial charge in [-0.3, -0.25) is 0 Å². The smallest absolute Gasteiger partial charge is 0.0992 e. The minimum atomic E-state index is 0.453. The van der Waals surface area contributed by atoms with E-state index in [2.05, 4.69) is 0 Å². The molecule has 0 spiro atoms. The Morgan fingerprint density at radius 3 is 2.77 bits per heavy atom. The minimum Gasteiger partial charge on any atom is -0.192 e. The quantitative estimate of drug-likeness (QED) is 0.688. The molecule has 66 valence electrons. The van der Waals surface area contributed by atoms with E-state index in [1.54, 1.807) is 24.3 Å². The molecule has 0 aliphatic heterocycles. The van der Waals surface area contributed by atoms with E-state index in [9.17, 15) is 0 Å². The van der Waals surface area contributed by atoms with Crippen LogP contribution < -0.4 is 0 Å². The SMILES string of the molecule is N#Cc1cc(Cl)cc(C=CCCl)c1. The summed E-state index contributed by atoms with van der Waals surface area (Å²) in [6.07, 6.45) is 3.63. The maximum absolute atomic E-state index is 8.65. The number of alkyl halides is 1. The molecule has 1 nitrogen and oxygen atoms in total. The highest BCUT2D eigenvalue weighted by atomic mass is 35.5. The van der Waals surface area contributed by atoms with Crippen LogP contribution in [0.3, 0.4) is 0 Å². The summed E-state index contributed by atoms with van der Waals surface area (Å²) in [6.45, 7) is 0. The summed E-state index contributed by atoms with van der Waals surface area (Å²) in [5.41, 5.74) is 1.45. The summed E-state index contributed by atoms with van der Waals surface area (Å²) < 4.78 is 0. The molecular formula is C10H7Cl2N. The van der Waals surface area contributed by atoms with E-state index in [4.69, 9.17) is 28.5 Å². The normalized spacial score (nSPS) is 10.2. The van der Waals surface area contributed by atoms with Crippen molar-refractivity contribution >= 4 is 29.3 Å². The number of rotatable bonds is 2. The third kappa shape index (κ3) is 3.10. The van der Waals surface area contributed by atoms with Crippen molar-refractivity contribution in [3.05, 3.63) is 40.4 Å². The molecule has 0 N–H and O–H groups in total. The molecule has 1 aromatic carbocycles. The van der Waals surface area contributed by atoms with Gasteiger partial charge in [-0.25, -0.2) is 0 Å². The molecule has 0 fully saturated rings. The molecule has 0 aliphatic carbocycles. The maximum Gasteiger partial charge on any atom is 0.0992 e. The average molecular weight is 212 g/mol. The first-order valence-electron chi connectivity index (χ1n) is 3.69. The van der Waals surface area contributed by atoms with Crippen LogP contribution in [0.2, 0.25) is 5.02 Å². The van der Waals surface area contributed by atoms with E-state index in [1.165, 1.54) is 0 Å². The zero-order chi connectivity index (χ0) is 9.68. The Labute approximate surface area is 87.2 Å². The summed E-state index contributed by atoms with van der Waals surface area (Å²) in [7, 11) is 0. The molecule has 0 heterocycles. The Kier molecular flexibility index (Phi) is 3.82. The van der Waals surface area contributed by atoms with Crippen LogP contribution in [-0.4, -0.2) is 5.88 Å². The number of benzene rings is 1. The van der Waals surface area contributed by atoms with Gasteiger partial charge in [-0.2, -0.15) is 5.26 Å². The Morgan fingerprint density at radius 2 is 2.15 bits per heavy atom. The second-order valence-corrected chi connectivity index (χ2v) is 3.19. The van der Waals surface area contributed by atoms with Gasteiger partial charge in [0, 0.05) is 10.9 Å². The zero-order valence-electron chi connectivity index (χ0n) is 6.80. The van der Waals surface area contributed by atoms with Crippen molar-refractivity contribution in [3.8, 4) is 6.07 Å². The Bertz CT molecular complexity index is 364. The summed E-state index contributed by atoms with van der Waals surface area (Å²) in [5.74, 6) is 0.453. The fourth-order valence-electron chi connectivity index (χ4n) is 0.954. The van der Waals surface area contributed by atoms with Crippen LogP contribution in [0, 0.1) is 11.3 Å². The predicted octanol–water partition coefficient (Wildman–Crippen LogP) is 3.46. The van der Waals surface area contributed by atoms with Crippen molar-refractivity contribution in [3.63, 3.8) is 0 Å². The monoisotopic (exact) mass is 211 g/mol. The summed E-state index contributed by atoms with van der Waals surface area (Å²) >= 11 is 11.3. The van der Waals surface area contributed by atoms with Crippen LogP contribution in [-0.2, 0) is 0 Å². The number of nitriles is 1. The average Bonchev–Trinajstić information content (AvgIpc) is 2.14.